The summed E-state index contributed by atoms with van der Waals surface area (Å²) in [6.45, 7) is 1.62. The fourth-order valence-corrected chi connectivity index (χ4v) is 2.99. The fourth-order valence-electron chi connectivity index (χ4n) is 2.99. The largest absolute Gasteiger partial charge is 0.484 e. The molecule has 2 aromatic rings. The first kappa shape index (κ1) is 18.8. The summed E-state index contributed by atoms with van der Waals surface area (Å²) in [5.41, 5.74) is 1.02. The molecule has 1 atom stereocenters. The molecule has 7 heteroatoms. The van der Waals surface area contributed by atoms with Crippen LogP contribution < -0.4 is 4.74 Å². The first-order valence-electron chi connectivity index (χ1n) is 8.92. The predicted molar refractivity (Wildman–Crippen MR) is 99.4 cm³/mol. The van der Waals surface area contributed by atoms with E-state index in [0.717, 1.165) is 25.0 Å². The number of benzene rings is 2. The van der Waals surface area contributed by atoms with Gasteiger partial charge < -0.3 is 14.4 Å². The van der Waals surface area contributed by atoms with Crippen LogP contribution in [-0.2, 0) is 16.1 Å². The summed E-state index contributed by atoms with van der Waals surface area (Å²) in [6, 6.07) is 15.5. The van der Waals surface area contributed by atoms with E-state index in [0.29, 0.717) is 18.8 Å². The highest BCUT2D eigenvalue weighted by atomic mass is 16.6. The van der Waals surface area contributed by atoms with Crippen LogP contribution >= 0.6 is 0 Å². The summed E-state index contributed by atoms with van der Waals surface area (Å²) in [4.78, 5) is 24.7. The molecule has 0 N–H and O–H groups in total. The Bertz CT molecular complexity index is 758. The van der Waals surface area contributed by atoms with Crippen molar-refractivity contribution in [2.24, 2.45) is 0 Å². The first-order valence-corrected chi connectivity index (χ1v) is 8.92. The van der Waals surface area contributed by atoms with E-state index in [1.165, 1.54) is 24.3 Å². The Morgan fingerprint density at radius 3 is 2.56 bits per heavy atom. The highest BCUT2D eigenvalue weighted by Crippen LogP contribution is 2.18. The highest BCUT2D eigenvalue weighted by Gasteiger charge is 2.23. The summed E-state index contributed by atoms with van der Waals surface area (Å²) >= 11 is 0. The van der Waals surface area contributed by atoms with Crippen LogP contribution in [-0.4, -0.2) is 41.6 Å². The minimum Gasteiger partial charge on any atom is -0.484 e. The number of nitrogens with zero attached hydrogens (tertiary/aromatic N) is 2. The Balaban J connectivity index is 1.61. The Kier molecular flexibility index (Phi) is 6.38. The second-order valence-corrected chi connectivity index (χ2v) is 6.43. The fraction of sp³-hybridized carbons (Fsp3) is 0.350. The molecule has 2 aromatic carbocycles. The van der Waals surface area contributed by atoms with Crippen LogP contribution in [0.4, 0.5) is 5.69 Å². The van der Waals surface area contributed by atoms with E-state index in [1.54, 1.807) is 4.90 Å². The topological polar surface area (TPSA) is 81.9 Å². The standard InChI is InChI=1S/C20H22N2O5/c23-20(15-27-18-10-8-17(9-11-18)22(24)25)21(14-19-7-4-12-26-19)13-16-5-2-1-3-6-16/h1-3,5-6,8-11,19H,4,7,12-15H2. The van der Waals surface area contributed by atoms with Crippen LogP contribution in [0.25, 0.3) is 0 Å². The maximum Gasteiger partial charge on any atom is 0.269 e. The third kappa shape index (κ3) is 5.52. The van der Waals surface area contributed by atoms with Gasteiger partial charge in [0.2, 0.25) is 0 Å². The zero-order chi connectivity index (χ0) is 19.1. The van der Waals surface area contributed by atoms with Gasteiger partial charge in [-0.05, 0) is 30.5 Å². The Labute approximate surface area is 157 Å². The van der Waals surface area contributed by atoms with E-state index in [9.17, 15) is 14.9 Å². The number of carbonyl (C=O) groups is 1. The van der Waals surface area contributed by atoms with Gasteiger partial charge in [-0.1, -0.05) is 30.3 Å². The molecule has 142 valence electrons. The number of nitro benzene ring substituents is 1. The molecule has 1 saturated heterocycles. The van der Waals surface area contributed by atoms with E-state index in [2.05, 4.69) is 0 Å². The Hall–Kier alpha value is -2.93. The van der Waals surface area contributed by atoms with E-state index >= 15 is 0 Å². The molecule has 1 unspecified atom stereocenters. The molecule has 0 spiro atoms. The van der Waals surface area contributed by atoms with Gasteiger partial charge in [0, 0.05) is 31.8 Å². The molecule has 0 bridgehead atoms. The molecule has 0 radical (unpaired) electrons. The van der Waals surface area contributed by atoms with Crippen molar-refractivity contribution in [2.45, 2.75) is 25.5 Å². The van der Waals surface area contributed by atoms with Crippen molar-refractivity contribution < 1.29 is 19.2 Å². The molecule has 7 nitrogen and oxygen atoms in total. The number of carbonyl (C=O) groups excluding carboxylic acids is 1. The lowest BCUT2D eigenvalue weighted by molar-refractivity contribution is -0.384. The van der Waals surface area contributed by atoms with Crippen LogP contribution in [0.5, 0.6) is 5.75 Å². The first-order chi connectivity index (χ1) is 13.1. The average Bonchev–Trinajstić information content (AvgIpc) is 3.20. The summed E-state index contributed by atoms with van der Waals surface area (Å²) in [5, 5.41) is 10.7. The number of amides is 1. The lowest BCUT2D eigenvalue weighted by Crippen LogP contribution is -2.39. The van der Waals surface area contributed by atoms with Crippen LogP contribution in [0.1, 0.15) is 18.4 Å². The minimum atomic E-state index is -0.474. The zero-order valence-corrected chi connectivity index (χ0v) is 15.0. The summed E-state index contributed by atoms with van der Waals surface area (Å²) in [6.07, 6.45) is 2.01. The summed E-state index contributed by atoms with van der Waals surface area (Å²) < 4.78 is 11.2. The maximum absolute atomic E-state index is 12.7. The number of hydrogen-bond donors (Lipinski definition) is 0. The molecular weight excluding hydrogens is 348 g/mol. The van der Waals surface area contributed by atoms with Crippen LogP contribution in [0, 0.1) is 10.1 Å². The molecule has 1 aliphatic heterocycles. The Morgan fingerprint density at radius 1 is 1.19 bits per heavy atom. The van der Waals surface area contributed by atoms with Gasteiger partial charge in [0.15, 0.2) is 6.61 Å². The van der Waals surface area contributed by atoms with Crippen molar-refractivity contribution in [3.05, 3.63) is 70.3 Å². The van der Waals surface area contributed by atoms with Gasteiger partial charge in [0.1, 0.15) is 5.75 Å². The van der Waals surface area contributed by atoms with Crippen molar-refractivity contribution in [3.63, 3.8) is 0 Å². The van der Waals surface area contributed by atoms with Gasteiger partial charge >= 0.3 is 0 Å². The predicted octanol–water partition coefficient (Wildman–Crippen LogP) is 3.18. The van der Waals surface area contributed by atoms with Crippen molar-refractivity contribution in [3.8, 4) is 5.75 Å². The van der Waals surface area contributed by atoms with Crippen molar-refractivity contribution in [2.75, 3.05) is 19.8 Å². The van der Waals surface area contributed by atoms with Crippen molar-refractivity contribution >= 4 is 11.6 Å². The summed E-state index contributed by atoms with van der Waals surface area (Å²) in [5.74, 6) is 0.276. The minimum absolute atomic E-state index is 0.0160. The lowest BCUT2D eigenvalue weighted by atomic mass is 10.2. The van der Waals surface area contributed by atoms with E-state index in [1.807, 2.05) is 30.3 Å². The molecular formula is C20H22N2O5. The van der Waals surface area contributed by atoms with Gasteiger partial charge in [-0.25, -0.2) is 0 Å². The van der Waals surface area contributed by atoms with Gasteiger partial charge in [-0.2, -0.15) is 0 Å². The molecule has 3 rings (SSSR count). The van der Waals surface area contributed by atoms with Gasteiger partial charge in [0.05, 0.1) is 11.0 Å². The van der Waals surface area contributed by atoms with Crippen molar-refractivity contribution in [1.82, 2.24) is 4.90 Å². The maximum atomic E-state index is 12.7. The van der Waals surface area contributed by atoms with Crippen LogP contribution in [0.2, 0.25) is 0 Å². The SMILES string of the molecule is O=C(COc1ccc([N+](=O)[O-])cc1)N(Cc1ccccc1)CC1CCCO1. The number of nitro groups is 1. The summed E-state index contributed by atoms with van der Waals surface area (Å²) in [7, 11) is 0. The average molecular weight is 370 g/mol. The van der Waals surface area contributed by atoms with Gasteiger partial charge in [-0.3, -0.25) is 14.9 Å². The molecule has 1 aliphatic rings. The molecule has 0 aliphatic carbocycles. The zero-order valence-electron chi connectivity index (χ0n) is 15.0. The number of hydrogen-bond acceptors (Lipinski definition) is 5. The van der Waals surface area contributed by atoms with Gasteiger partial charge in [-0.15, -0.1) is 0 Å². The highest BCUT2D eigenvalue weighted by molar-refractivity contribution is 5.77. The second kappa shape index (κ2) is 9.14. The molecule has 0 aromatic heterocycles. The smallest absolute Gasteiger partial charge is 0.269 e. The van der Waals surface area contributed by atoms with Crippen molar-refractivity contribution in [1.29, 1.82) is 0 Å². The number of rotatable bonds is 8. The third-order valence-electron chi connectivity index (χ3n) is 4.43. The monoisotopic (exact) mass is 370 g/mol. The van der Waals surface area contributed by atoms with E-state index in [-0.39, 0.29) is 24.3 Å². The second-order valence-electron chi connectivity index (χ2n) is 6.43. The number of ether oxygens (including phenoxy) is 2. The normalized spacial score (nSPS) is 16.1. The lowest BCUT2D eigenvalue weighted by Gasteiger charge is -2.25. The van der Waals surface area contributed by atoms with Crippen LogP contribution in [0.3, 0.4) is 0 Å². The van der Waals surface area contributed by atoms with Crippen LogP contribution in [0.15, 0.2) is 54.6 Å². The molecule has 1 heterocycles. The quantitative estimate of drug-likeness (QED) is 0.526. The molecule has 0 saturated carbocycles. The molecule has 27 heavy (non-hydrogen) atoms. The molecule has 1 amide bonds. The Morgan fingerprint density at radius 2 is 1.93 bits per heavy atom. The third-order valence-corrected chi connectivity index (χ3v) is 4.43. The van der Waals surface area contributed by atoms with Gasteiger partial charge in [0.25, 0.3) is 11.6 Å². The molecule has 1 fully saturated rings. The van der Waals surface area contributed by atoms with E-state index in [4.69, 9.17) is 9.47 Å². The van der Waals surface area contributed by atoms with E-state index < -0.39 is 4.92 Å². The number of non-ortho nitro benzene ring substituents is 1.